The van der Waals surface area contributed by atoms with Crippen LogP contribution in [0.1, 0.15) is 66.2 Å². The van der Waals surface area contributed by atoms with Gasteiger partial charge in [-0.05, 0) is 37.5 Å². The molecule has 1 rings (SSSR count). The average molecular weight is 224 g/mol. The fraction of sp³-hybridized carbons (Fsp3) is 0.933. The van der Waals surface area contributed by atoms with Gasteiger partial charge in [-0.3, -0.25) is 4.79 Å². The van der Waals surface area contributed by atoms with Gasteiger partial charge in [-0.2, -0.15) is 0 Å². The van der Waals surface area contributed by atoms with Crippen LogP contribution in [-0.2, 0) is 4.79 Å². The van der Waals surface area contributed by atoms with E-state index in [2.05, 4.69) is 13.8 Å². The maximum Gasteiger partial charge on any atom is 0.138 e. The number of hydrogen-bond donors (Lipinski definition) is 0. The van der Waals surface area contributed by atoms with E-state index in [1.807, 2.05) is 13.8 Å². The fourth-order valence-corrected chi connectivity index (χ4v) is 2.78. The second kappa shape index (κ2) is 6.42. The van der Waals surface area contributed by atoms with Crippen LogP contribution in [0.15, 0.2) is 0 Å². The highest BCUT2D eigenvalue weighted by molar-refractivity contribution is 5.82. The highest BCUT2D eigenvalue weighted by Crippen LogP contribution is 2.33. The minimum absolute atomic E-state index is 0.234. The van der Waals surface area contributed by atoms with Crippen molar-refractivity contribution < 1.29 is 4.79 Å². The van der Waals surface area contributed by atoms with Gasteiger partial charge >= 0.3 is 0 Å². The SMILES string of the molecule is CC(C)CCC1CCC(C(=O)C(C)C)CC1. The summed E-state index contributed by atoms with van der Waals surface area (Å²) in [7, 11) is 0. The van der Waals surface area contributed by atoms with Crippen molar-refractivity contribution in [2.75, 3.05) is 0 Å². The molecular formula is C15H28O. The van der Waals surface area contributed by atoms with E-state index in [1.165, 1.54) is 25.7 Å². The van der Waals surface area contributed by atoms with Gasteiger partial charge in [0.1, 0.15) is 5.78 Å². The lowest BCUT2D eigenvalue weighted by atomic mass is 9.76. The quantitative estimate of drug-likeness (QED) is 0.674. The molecule has 1 fully saturated rings. The van der Waals surface area contributed by atoms with Crippen molar-refractivity contribution in [1.82, 2.24) is 0 Å². The maximum atomic E-state index is 11.9. The maximum absolute atomic E-state index is 11.9. The van der Waals surface area contributed by atoms with Crippen molar-refractivity contribution in [2.24, 2.45) is 23.7 Å². The van der Waals surface area contributed by atoms with E-state index >= 15 is 0 Å². The van der Waals surface area contributed by atoms with E-state index in [0.29, 0.717) is 11.7 Å². The number of rotatable bonds is 5. The number of carbonyl (C=O) groups excluding carboxylic acids is 1. The zero-order valence-electron chi connectivity index (χ0n) is 11.5. The molecule has 0 spiro atoms. The van der Waals surface area contributed by atoms with E-state index in [4.69, 9.17) is 0 Å². The van der Waals surface area contributed by atoms with Gasteiger partial charge < -0.3 is 0 Å². The van der Waals surface area contributed by atoms with Crippen LogP contribution in [-0.4, -0.2) is 5.78 Å². The van der Waals surface area contributed by atoms with E-state index in [9.17, 15) is 4.79 Å². The van der Waals surface area contributed by atoms with Gasteiger partial charge in [0.05, 0.1) is 0 Å². The molecule has 16 heavy (non-hydrogen) atoms. The third-order valence-corrected chi connectivity index (χ3v) is 3.97. The summed E-state index contributed by atoms with van der Waals surface area (Å²) in [4.78, 5) is 11.9. The topological polar surface area (TPSA) is 17.1 Å². The summed E-state index contributed by atoms with van der Waals surface area (Å²) in [6, 6.07) is 0. The van der Waals surface area contributed by atoms with Gasteiger partial charge in [0, 0.05) is 11.8 Å². The summed E-state index contributed by atoms with van der Waals surface area (Å²) in [5.74, 6) is 2.85. The Morgan fingerprint density at radius 3 is 2.06 bits per heavy atom. The molecule has 0 aliphatic heterocycles. The Morgan fingerprint density at radius 1 is 1.06 bits per heavy atom. The van der Waals surface area contributed by atoms with Crippen molar-refractivity contribution in [2.45, 2.75) is 66.2 Å². The molecule has 0 saturated heterocycles. The van der Waals surface area contributed by atoms with Crippen molar-refractivity contribution in [3.63, 3.8) is 0 Å². The molecule has 0 aromatic rings. The predicted octanol–water partition coefficient (Wildman–Crippen LogP) is 4.45. The number of ketones is 1. The molecular weight excluding hydrogens is 196 g/mol. The van der Waals surface area contributed by atoms with Gasteiger partial charge in [-0.15, -0.1) is 0 Å². The van der Waals surface area contributed by atoms with E-state index in [-0.39, 0.29) is 5.92 Å². The average Bonchev–Trinajstić information content (AvgIpc) is 2.26. The molecule has 1 saturated carbocycles. The second-order valence-electron chi connectivity index (χ2n) is 6.25. The molecule has 0 N–H and O–H groups in total. The predicted molar refractivity (Wildman–Crippen MR) is 69.4 cm³/mol. The van der Waals surface area contributed by atoms with E-state index in [0.717, 1.165) is 24.7 Å². The summed E-state index contributed by atoms with van der Waals surface area (Å²) in [6.45, 7) is 8.67. The lowest BCUT2D eigenvalue weighted by Crippen LogP contribution is -2.25. The second-order valence-corrected chi connectivity index (χ2v) is 6.25. The van der Waals surface area contributed by atoms with Gasteiger partial charge in [0.15, 0.2) is 0 Å². The lowest BCUT2D eigenvalue weighted by Gasteiger charge is -2.29. The van der Waals surface area contributed by atoms with Gasteiger partial charge in [0.25, 0.3) is 0 Å². The van der Waals surface area contributed by atoms with Gasteiger partial charge in [-0.25, -0.2) is 0 Å². The Bertz CT molecular complexity index is 209. The zero-order chi connectivity index (χ0) is 12.1. The van der Waals surface area contributed by atoms with Crippen LogP contribution in [0.2, 0.25) is 0 Å². The Kier molecular flexibility index (Phi) is 5.51. The Hall–Kier alpha value is -0.330. The number of Topliss-reactive ketones (excluding diaryl/α,β-unsaturated/α-hetero) is 1. The Labute approximate surface area is 101 Å². The molecule has 1 nitrogen and oxygen atoms in total. The van der Waals surface area contributed by atoms with Crippen molar-refractivity contribution >= 4 is 5.78 Å². The largest absolute Gasteiger partial charge is 0.299 e. The minimum atomic E-state index is 0.234. The van der Waals surface area contributed by atoms with Crippen molar-refractivity contribution in [1.29, 1.82) is 0 Å². The molecule has 0 aromatic heterocycles. The lowest BCUT2D eigenvalue weighted by molar-refractivity contribution is -0.127. The Morgan fingerprint density at radius 2 is 1.62 bits per heavy atom. The van der Waals surface area contributed by atoms with Gasteiger partial charge in [0.2, 0.25) is 0 Å². The standard InChI is InChI=1S/C15H28O/c1-11(2)5-6-13-7-9-14(10-8-13)15(16)12(3)4/h11-14H,5-10H2,1-4H3. The van der Waals surface area contributed by atoms with Crippen molar-refractivity contribution in [3.8, 4) is 0 Å². The van der Waals surface area contributed by atoms with Crippen molar-refractivity contribution in [3.05, 3.63) is 0 Å². The van der Waals surface area contributed by atoms with E-state index in [1.54, 1.807) is 0 Å². The third kappa shape index (κ3) is 4.27. The highest BCUT2D eigenvalue weighted by atomic mass is 16.1. The normalized spacial score (nSPS) is 26.4. The number of carbonyl (C=O) groups is 1. The summed E-state index contributed by atoms with van der Waals surface area (Å²) in [5.41, 5.74) is 0. The molecule has 0 atom stereocenters. The van der Waals surface area contributed by atoms with E-state index < -0.39 is 0 Å². The molecule has 0 radical (unpaired) electrons. The molecule has 0 heterocycles. The van der Waals surface area contributed by atoms with Crippen LogP contribution in [0.5, 0.6) is 0 Å². The minimum Gasteiger partial charge on any atom is -0.299 e. The summed E-state index contributed by atoms with van der Waals surface area (Å²) in [6.07, 6.45) is 7.61. The summed E-state index contributed by atoms with van der Waals surface area (Å²) < 4.78 is 0. The van der Waals surface area contributed by atoms with Crippen LogP contribution in [0.4, 0.5) is 0 Å². The van der Waals surface area contributed by atoms with Gasteiger partial charge in [-0.1, -0.05) is 40.5 Å². The number of hydrogen-bond acceptors (Lipinski definition) is 1. The first-order chi connectivity index (χ1) is 7.50. The molecule has 0 aromatic carbocycles. The van der Waals surface area contributed by atoms with Crippen LogP contribution in [0.3, 0.4) is 0 Å². The fourth-order valence-electron chi connectivity index (χ4n) is 2.78. The summed E-state index contributed by atoms with van der Waals surface area (Å²) in [5, 5.41) is 0. The molecule has 94 valence electrons. The highest BCUT2D eigenvalue weighted by Gasteiger charge is 2.27. The van der Waals surface area contributed by atoms with Crippen LogP contribution in [0.25, 0.3) is 0 Å². The molecule has 0 amide bonds. The first-order valence-corrected chi connectivity index (χ1v) is 7.04. The van der Waals surface area contributed by atoms with Crippen LogP contribution >= 0.6 is 0 Å². The van der Waals surface area contributed by atoms with Crippen LogP contribution < -0.4 is 0 Å². The third-order valence-electron chi connectivity index (χ3n) is 3.97. The molecule has 1 aliphatic rings. The molecule has 1 heteroatoms. The first kappa shape index (κ1) is 13.7. The molecule has 0 bridgehead atoms. The molecule has 1 aliphatic carbocycles. The molecule has 0 unspecified atom stereocenters. The smallest absolute Gasteiger partial charge is 0.138 e. The summed E-state index contributed by atoms with van der Waals surface area (Å²) >= 11 is 0. The van der Waals surface area contributed by atoms with Crippen LogP contribution in [0, 0.1) is 23.7 Å². The first-order valence-electron chi connectivity index (χ1n) is 7.04. The zero-order valence-corrected chi connectivity index (χ0v) is 11.5. The monoisotopic (exact) mass is 224 g/mol. The Balaban J connectivity index is 2.26.